The van der Waals surface area contributed by atoms with Gasteiger partial charge in [0.25, 0.3) is 5.91 Å². The van der Waals surface area contributed by atoms with E-state index in [1.165, 1.54) is 4.90 Å². The van der Waals surface area contributed by atoms with Gasteiger partial charge in [0, 0.05) is 19.8 Å². The number of aryl methyl sites for hydroxylation is 2. The second kappa shape index (κ2) is 5.66. The number of aromatic nitrogens is 2. The summed E-state index contributed by atoms with van der Waals surface area (Å²) in [5, 5.41) is 12.9. The van der Waals surface area contributed by atoms with Crippen LogP contribution >= 0.6 is 0 Å². The van der Waals surface area contributed by atoms with Crippen molar-refractivity contribution in [1.29, 1.82) is 0 Å². The van der Waals surface area contributed by atoms with Gasteiger partial charge in [0.05, 0.1) is 11.3 Å². The van der Waals surface area contributed by atoms with Crippen LogP contribution in [-0.2, 0) is 11.8 Å². The lowest BCUT2D eigenvalue weighted by molar-refractivity contribution is -0.137. The number of hydrogen-bond donors (Lipinski definition) is 1. The van der Waals surface area contributed by atoms with Gasteiger partial charge < -0.3 is 10.0 Å². The maximum atomic E-state index is 12.3. The summed E-state index contributed by atoms with van der Waals surface area (Å²) in [4.78, 5) is 24.4. The van der Waals surface area contributed by atoms with E-state index in [4.69, 9.17) is 5.11 Å². The molecule has 0 saturated carbocycles. The standard InChI is InChI=1S/C12H19N3O3/c1-8(2)5-15(7-11(16)17)12(18)10-6-14(4)13-9(10)3/h6,8H,5,7H2,1-4H3,(H,16,17). The molecule has 0 spiro atoms. The second-order valence-corrected chi connectivity index (χ2v) is 4.78. The van der Waals surface area contributed by atoms with Crippen molar-refractivity contribution in [3.8, 4) is 0 Å². The van der Waals surface area contributed by atoms with Crippen LogP contribution in [0.4, 0.5) is 0 Å². The third-order valence-corrected chi connectivity index (χ3v) is 2.44. The molecule has 0 bridgehead atoms. The number of carboxylic acids is 1. The van der Waals surface area contributed by atoms with Gasteiger partial charge >= 0.3 is 5.97 Å². The minimum absolute atomic E-state index is 0.213. The van der Waals surface area contributed by atoms with Gasteiger partial charge in [-0.1, -0.05) is 13.8 Å². The molecule has 0 aliphatic rings. The van der Waals surface area contributed by atoms with E-state index in [0.717, 1.165) is 0 Å². The molecule has 0 fully saturated rings. The fraction of sp³-hybridized carbons (Fsp3) is 0.583. The van der Waals surface area contributed by atoms with Crippen molar-refractivity contribution < 1.29 is 14.7 Å². The average molecular weight is 253 g/mol. The molecular formula is C12H19N3O3. The van der Waals surface area contributed by atoms with E-state index in [0.29, 0.717) is 17.8 Å². The molecule has 6 nitrogen and oxygen atoms in total. The van der Waals surface area contributed by atoms with Gasteiger partial charge in [-0.25, -0.2) is 0 Å². The van der Waals surface area contributed by atoms with E-state index in [1.807, 2.05) is 13.8 Å². The van der Waals surface area contributed by atoms with E-state index in [9.17, 15) is 9.59 Å². The van der Waals surface area contributed by atoms with Crippen molar-refractivity contribution in [2.75, 3.05) is 13.1 Å². The van der Waals surface area contributed by atoms with E-state index >= 15 is 0 Å². The molecule has 0 aliphatic heterocycles. The molecule has 6 heteroatoms. The van der Waals surface area contributed by atoms with Gasteiger partial charge in [0.15, 0.2) is 0 Å². The van der Waals surface area contributed by atoms with Gasteiger partial charge in [0.2, 0.25) is 0 Å². The molecule has 1 aromatic rings. The van der Waals surface area contributed by atoms with E-state index < -0.39 is 5.97 Å². The lowest BCUT2D eigenvalue weighted by Gasteiger charge is -2.22. The zero-order valence-electron chi connectivity index (χ0n) is 11.2. The van der Waals surface area contributed by atoms with Crippen LogP contribution in [0, 0.1) is 12.8 Å². The first-order valence-corrected chi connectivity index (χ1v) is 5.82. The number of nitrogens with zero attached hydrogens (tertiary/aromatic N) is 3. The molecule has 0 aliphatic carbocycles. The van der Waals surface area contributed by atoms with Crippen molar-refractivity contribution in [3.63, 3.8) is 0 Å². The predicted molar refractivity (Wildman–Crippen MR) is 66.3 cm³/mol. The third-order valence-electron chi connectivity index (χ3n) is 2.44. The normalized spacial score (nSPS) is 10.7. The molecular weight excluding hydrogens is 234 g/mol. The van der Waals surface area contributed by atoms with E-state index in [1.54, 1.807) is 24.9 Å². The Balaban J connectivity index is 2.94. The third kappa shape index (κ3) is 3.58. The Bertz CT molecular complexity index is 451. The van der Waals surface area contributed by atoms with Crippen LogP contribution in [-0.4, -0.2) is 44.8 Å². The Morgan fingerprint density at radius 2 is 2.11 bits per heavy atom. The molecule has 100 valence electrons. The average Bonchev–Trinajstić information content (AvgIpc) is 2.54. The quantitative estimate of drug-likeness (QED) is 0.846. The highest BCUT2D eigenvalue weighted by atomic mass is 16.4. The van der Waals surface area contributed by atoms with Crippen molar-refractivity contribution in [2.24, 2.45) is 13.0 Å². The van der Waals surface area contributed by atoms with Crippen molar-refractivity contribution in [3.05, 3.63) is 17.5 Å². The van der Waals surface area contributed by atoms with Gasteiger partial charge in [-0.15, -0.1) is 0 Å². The van der Waals surface area contributed by atoms with Gasteiger partial charge in [-0.3, -0.25) is 14.3 Å². The van der Waals surface area contributed by atoms with Crippen LogP contribution in [0.2, 0.25) is 0 Å². The van der Waals surface area contributed by atoms with Gasteiger partial charge in [0.1, 0.15) is 6.54 Å². The van der Waals surface area contributed by atoms with Crippen LogP contribution in [0.1, 0.15) is 29.9 Å². The molecule has 1 aromatic heterocycles. The second-order valence-electron chi connectivity index (χ2n) is 4.78. The highest BCUT2D eigenvalue weighted by Crippen LogP contribution is 2.10. The maximum Gasteiger partial charge on any atom is 0.323 e. The fourth-order valence-electron chi connectivity index (χ4n) is 1.80. The first kappa shape index (κ1) is 14.2. The Morgan fingerprint density at radius 1 is 1.50 bits per heavy atom. The lowest BCUT2D eigenvalue weighted by Crippen LogP contribution is -2.38. The zero-order valence-corrected chi connectivity index (χ0v) is 11.2. The Morgan fingerprint density at radius 3 is 2.50 bits per heavy atom. The monoisotopic (exact) mass is 253 g/mol. The Kier molecular flexibility index (Phi) is 4.47. The minimum atomic E-state index is -1.01. The van der Waals surface area contributed by atoms with E-state index in [-0.39, 0.29) is 18.4 Å². The molecule has 1 heterocycles. The van der Waals surface area contributed by atoms with E-state index in [2.05, 4.69) is 5.10 Å². The smallest absolute Gasteiger partial charge is 0.323 e. The molecule has 0 unspecified atom stereocenters. The van der Waals surface area contributed by atoms with Crippen LogP contribution in [0.15, 0.2) is 6.20 Å². The summed E-state index contributed by atoms with van der Waals surface area (Å²) >= 11 is 0. The number of hydrogen-bond acceptors (Lipinski definition) is 3. The first-order chi connectivity index (χ1) is 8.31. The number of rotatable bonds is 5. The Hall–Kier alpha value is -1.85. The summed E-state index contributed by atoms with van der Waals surface area (Å²) in [6.45, 7) is 5.75. The fourth-order valence-corrected chi connectivity index (χ4v) is 1.80. The summed E-state index contributed by atoms with van der Waals surface area (Å²) in [7, 11) is 1.73. The molecule has 1 rings (SSSR count). The molecule has 18 heavy (non-hydrogen) atoms. The largest absolute Gasteiger partial charge is 0.480 e. The maximum absolute atomic E-state index is 12.3. The molecule has 0 saturated heterocycles. The number of amides is 1. The molecule has 0 atom stereocenters. The highest BCUT2D eigenvalue weighted by Gasteiger charge is 2.22. The van der Waals surface area contributed by atoms with Gasteiger partial charge in [-0.2, -0.15) is 5.10 Å². The molecule has 0 radical (unpaired) electrons. The topological polar surface area (TPSA) is 75.4 Å². The van der Waals surface area contributed by atoms with Gasteiger partial charge in [-0.05, 0) is 12.8 Å². The highest BCUT2D eigenvalue weighted by molar-refractivity contribution is 5.96. The summed E-state index contributed by atoms with van der Waals surface area (Å²) < 4.78 is 1.55. The Labute approximate surface area is 106 Å². The summed E-state index contributed by atoms with van der Waals surface area (Å²) in [6, 6.07) is 0. The number of carboxylic acid groups (broad SMARTS) is 1. The SMILES string of the molecule is Cc1nn(C)cc1C(=O)N(CC(=O)O)CC(C)C. The van der Waals surface area contributed by atoms with Crippen molar-refractivity contribution >= 4 is 11.9 Å². The molecule has 1 amide bonds. The van der Waals surface area contributed by atoms with Crippen molar-refractivity contribution in [2.45, 2.75) is 20.8 Å². The van der Waals surface area contributed by atoms with Crippen LogP contribution < -0.4 is 0 Å². The van der Waals surface area contributed by atoms with Crippen LogP contribution in [0.25, 0.3) is 0 Å². The zero-order chi connectivity index (χ0) is 13.9. The minimum Gasteiger partial charge on any atom is -0.480 e. The first-order valence-electron chi connectivity index (χ1n) is 5.82. The summed E-state index contributed by atoms with van der Waals surface area (Å²) in [5.74, 6) is -1.08. The lowest BCUT2D eigenvalue weighted by atomic mass is 10.1. The van der Waals surface area contributed by atoms with Crippen molar-refractivity contribution in [1.82, 2.24) is 14.7 Å². The molecule has 1 N–H and O–H groups in total. The number of carbonyl (C=O) groups excluding carboxylic acids is 1. The number of carbonyl (C=O) groups is 2. The molecule has 0 aromatic carbocycles. The predicted octanol–water partition coefficient (Wildman–Crippen LogP) is 0.911. The summed E-state index contributed by atoms with van der Waals surface area (Å²) in [6.07, 6.45) is 1.62. The summed E-state index contributed by atoms with van der Waals surface area (Å²) in [5.41, 5.74) is 1.07. The number of aliphatic carboxylic acids is 1. The van der Waals surface area contributed by atoms with Crippen LogP contribution in [0.5, 0.6) is 0 Å². The van der Waals surface area contributed by atoms with Crippen LogP contribution in [0.3, 0.4) is 0 Å².